The zero-order valence-electron chi connectivity index (χ0n) is 14.3. The molecule has 128 valence electrons. The highest BCUT2D eigenvalue weighted by Crippen LogP contribution is 2.15. The monoisotopic (exact) mass is 327 g/mol. The zero-order valence-corrected chi connectivity index (χ0v) is 14.3. The van der Waals surface area contributed by atoms with E-state index in [-0.39, 0.29) is 5.91 Å². The molecule has 0 aliphatic rings. The van der Waals surface area contributed by atoms with Crippen LogP contribution in [-0.4, -0.2) is 25.2 Å². The molecule has 0 spiro atoms. The first kappa shape index (κ1) is 18.0. The Morgan fingerprint density at radius 1 is 1.12 bits per heavy atom. The smallest absolute Gasteiger partial charge is 0.261 e. The first-order chi connectivity index (χ1) is 11.7. The second kappa shape index (κ2) is 9.73. The van der Waals surface area contributed by atoms with Crippen LogP contribution in [0.15, 0.2) is 54.6 Å². The van der Waals surface area contributed by atoms with Gasteiger partial charge in [-0.25, -0.2) is 0 Å². The number of amides is 1. The Morgan fingerprint density at radius 2 is 1.92 bits per heavy atom. The maximum atomic E-state index is 12.2. The van der Waals surface area contributed by atoms with Crippen LogP contribution in [-0.2, 0) is 16.1 Å². The van der Waals surface area contributed by atoms with Crippen LogP contribution >= 0.6 is 0 Å². The van der Waals surface area contributed by atoms with Crippen LogP contribution in [0.25, 0.3) is 0 Å². The number of aryl methyl sites for hydroxylation is 1. The minimum Gasteiger partial charge on any atom is -0.481 e. The third-order valence-electron chi connectivity index (χ3n) is 3.59. The summed E-state index contributed by atoms with van der Waals surface area (Å²) in [6, 6.07) is 17.7. The van der Waals surface area contributed by atoms with Gasteiger partial charge in [0.15, 0.2) is 6.10 Å². The van der Waals surface area contributed by atoms with Crippen LogP contribution in [0.2, 0.25) is 0 Å². The first-order valence-corrected chi connectivity index (χ1v) is 8.31. The maximum Gasteiger partial charge on any atom is 0.261 e. The summed E-state index contributed by atoms with van der Waals surface area (Å²) in [6.45, 7) is 5.43. The van der Waals surface area contributed by atoms with Crippen molar-refractivity contribution in [2.75, 3.05) is 13.2 Å². The van der Waals surface area contributed by atoms with Gasteiger partial charge in [-0.3, -0.25) is 4.79 Å². The van der Waals surface area contributed by atoms with E-state index in [1.165, 1.54) is 0 Å². The van der Waals surface area contributed by atoms with Crippen LogP contribution in [0.1, 0.15) is 24.5 Å². The van der Waals surface area contributed by atoms with E-state index in [1.807, 2.05) is 68.4 Å². The van der Waals surface area contributed by atoms with Crippen molar-refractivity contribution in [2.24, 2.45) is 0 Å². The molecule has 0 aliphatic heterocycles. The second-order valence-corrected chi connectivity index (χ2v) is 5.66. The number of carbonyl (C=O) groups excluding carboxylic acids is 1. The SMILES string of the molecule is CCC(Oc1cccc(C)c1)C(=O)NCCOCc1ccccc1. The first-order valence-electron chi connectivity index (χ1n) is 8.31. The van der Waals surface area contributed by atoms with Crippen LogP contribution in [0, 0.1) is 6.92 Å². The molecule has 4 heteroatoms. The number of nitrogens with one attached hydrogen (secondary N) is 1. The highest BCUT2D eigenvalue weighted by atomic mass is 16.5. The fourth-order valence-corrected chi connectivity index (χ4v) is 2.30. The lowest BCUT2D eigenvalue weighted by molar-refractivity contribution is -0.128. The van der Waals surface area contributed by atoms with Gasteiger partial charge < -0.3 is 14.8 Å². The van der Waals surface area contributed by atoms with Gasteiger partial charge >= 0.3 is 0 Å². The zero-order chi connectivity index (χ0) is 17.2. The van der Waals surface area contributed by atoms with Gasteiger partial charge in [0, 0.05) is 6.54 Å². The molecule has 0 saturated carbocycles. The summed E-state index contributed by atoms with van der Waals surface area (Å²) >= 11 is 0. The fraction of sp³-hybridized carbons (Fsp3) is 0.350. The van der Waals surface area contributed by atoms with Crippen molar-refractivity contribution in [3.8, 4) is 5.75 Å². The number of hydrogen-bond donors (Lipinski definition) is 1. The van der Waals surface area contributed by atoms with Gasteiger partial charge in [0.25, 0.3) is 5.91 Å². The molecule has 0 bridgehead atoms. The van der Waals surface area contributed by atoms with Crippen molar-refractivity contribution in [2.45, 2.75) is 33.0 Å². The molecular weight excluding hydrogens is 302 g/mol. The van der Waals surface area contributed by atoms with E-state index in [0.717, 1.165) is 16.9 Å². The number of carbonyl (C=O) groups is 1. The molecule has 1 unspecified atom stereocenters. The molecule has 2 rings (SSSR count). The number of ether oxygens (including phenoxy) is 2. The Hall–Kier alpha value is -2.33. The van der Waals surface area contributed by atoms with E-state index in [4.69, 9.17) is 9.47 Å². The Bertz CT molecular complexity index is 628. The molecule has 4 nitrogen and oxygen atoms in total. The van der Waals surface area contributed by atoms with Crippen molar-refractivity contribution in [1.82, 2.24) is 5.32 Å². The van der Waals surface area contributed by atoms with E-state index < -0.39 is 6.10 Å². The van der Waals surface area contributed by atoms with Gasteiger partial charge in [-0.05, 0) is 36.6 Å². The molecule has 2 aromatic carbocycles. The van der Waals surface area contributed by atoms with Gasteiger partial charge in [-0.1, -0.05) is 49.4 Å². The summed E-state index contributed by atoms with van der Waals surface area (Å²) in [6.07, 6.45) is 0.130. The standard InChI is InChI=1S/C20H25NO3/c1-3-19(24-18-11-7-8-16(2)14-18)20(22)21-12-13-23-15-17-9-5-4-6-10-17/h4-11,14,19H,3,12-13,15H2,1-2H3,(H,21,22). The molecule has 24 heavy (non-hydrogen) atoms. The van der Waals surface area contributed by atoms with E-state index in [9.17, 15) is 4.79 Å². The average Bonchev–Trinajstić information content (AvgIpc) is 2.60. The van der Waals surface area contributed by atoms with E-state index in [1.54, 1.807) is 0 Å². The van der Waals surface area contributed by atoms with Crippen molar-refractivity contribution < 1.29 is 14.3 Å². The molecule has 0 aromatic heterocycles. The lowest BCUT2D eigenvalue weighted by atomic mass is 10.2. The summed E-state index contributed by atoms with van der Waals surface area (Å²) in [5.41, 5.74) is 2.23. The van der Waals surface area contributed by atoms with Gasteiger partial charge in [0.05, 0.1) is 13.2 Å². The van der Waals surface area contributed by atoms with Crippen molar-refractivity contribution in [1.29, 1.82) is 0 Å². The number of rotatable bonds is 9. The highest BCUT2D eigenvalue weighted by molar-refractivity contribution is 5.81. The van der Waals surface area contributed by atoms with Crippen LogP contribution < -0.4 is 10.1 Å². The fourth-order valence-electron chi connectivity index (χ4n) is 2.30. The molecular formula is C20H25NO3. The quantitative estimate of drug-likeness (QED) is 0.717. The molecule has 0 aliphatic carbocycles. The molecule has 0 heterocycles. The third kappa shape index (κ3) is 6.05. The Labute approximate surface area is 143 Å². The highest BCUT2D eigenvalue weighted by Gasteiger charge is 2.17. The summed E-state index contributed by atoms with van der Waals surface area (Å²) < 4.78 is 11.3. The Morgan fingerprint density at radius 3 is 2.62 bits per heavy atom. The molecule has 1 atom stereocenters. The van der Waals surface area contributed by atoms with Crippen LogP contribution in [0.5, 0.6) is 5.75 Å². The summed E-state index contributed by atoms with van der Waals surface area (Å²) in [4.78, 5) is 12.2. The molecule has 2 aromatic rings. The minimum absolute atomic E-state index is 0.109. The lowest BCUT2D eigenvalue weighted by Crippen LogP contribution is -2.39. The minimum atomic E-state index is -0.485. The lowest BCUT2D eigenvalue weighted by Gasteiger charge is -2.17. The van der Waals surface area contributed by atoms with Crippen molar-refractivity contribution in [3.05, 3.63) is 65.7 Å². The largest absolute Gasteiger partial charge is 0.481 e. The summed E-state index contributed by atoms with van der Waals surface area (Å²) in [5, 5.41) is 2.87. The van der Waals surface area contributed by atoms with E-state index >= 15 is 0 Å². The predicted octanol–water partition coefficient (Wildman–Crippen LogP) is 3.49. The van der Waals surface area contributed by atoms with Gasteiger partial charge in [-0.15, -0.1) is 0 Å². The molecule has 0 saturated heterocycles. The van der Waals surface area contributed by atoms with Gasteiger partial charge in [0.1, 0.15) is 5.75 Å². The Balaban J connectivity index is 1.70. The van der Waals surface area contributed by atoms with Crippen molar-refractivity contribution in [3.63, 3.8) is 0 Å². The predicted molar refractivity (Wildman–Crippen MR) is 95.0 cm³/mol. The average molecular weight is 327 g/mol. The van der Waals surface area contributed by atoms with Crippen LogP contribution in [0.3, 0.4) is 0 Å². The van der Waals surface area contributed by atoms with E-state index in [2.05, 4.69) is 5.32 Å². The molecule has 0 radical (unpaired) electrons. The molecule has 1 amide bonds. The number of benzene rings is 2. The third-order valence-corrected chi connectivity index (χ3v) is 3.59. The maximum absolute atomic E-state index is 12.2. The number of hydrogen-bond acceptors (Lipinski definition) is 3. The summed E-state index contributed by atoms with van der Waals surface area (Å²) in [7, 11) is 0. The molecule has 0 fully saturated rings. The van der Waals surface area contributed by atoms with Crippen LogP contribution in [0.4, 0.5) is 0 Å². The summed E-state index contributed by atoms with van der Waals surface area (Å²) in [5.74, 6) is 0.611. The molecule has 1 N–H and O–H groups in total. The van der Waals surface area contributed by atoms with Gasteiger partial charge in [0.2, 0.25) is 0 Å². The second-order valence-electron chi connectivity index (χ2n) is 5.66. The van der Waals surface area contributed by atoms with Crippen molar-refractivity contribution >= 4 is 5.91 Å². The van der Waals surface area contributed by atoms with Gasteiger partial charge in [-0.2, -0.15) is 0 Å². The normalized spacial score (nSPS) is 11.8. The Kier molecular flexibility index (Phi) is 7.30. The topological polar surface area (TPSA) is 47.6 Å². The van der Waals surface area contributed by atoms with E-state index in [0.29, 0.717) is 26.2 Å².